The second kappa shape index (κ2) is 4.70. The van der Waals surface area contributed by atoms with Crippen LogP contribution in [0.5, 0.6) is 0 Å². The molecule has 0 unspecified atom stereocenters. The molecule has 4 heteroatoms. The molecule has 0 spiro atoms. The van der Waals surface area contributed by atoms with Gasteiger partial charge < -0.3 is 5.32 Å². The topological polar surface area (TPSA) is 50.7 Å². The van der Waals surface area contributed by atoms with Crippen molar-refractivity contribution in [2.45, 2.75) is 20.4 Å². The summed E-state index contributed by atoms with van der Waals surface area (Å²) >= 11 is 0. The van der Waals surface area contributed by atoms with Crippen molar-refractivity contribution in [3.05, 3.63) is 47.7 Å². The third-order valence-corrected chi connectivity index (χ3v) is 2.26. The number of rotatable bonds is 3. The molecule has 0 aliphatic carbocycles. The van der Waals surface area contributed by atoms with Gasteiger partial charge in [-0.1, -0.05) is 6.07 Å². The SMILES string of the molecule is Cc1cccc(CNc2nccnc2C)n1. The Hall–Kier alpha value is -1.97. The van der Waals surface area contributed by atoms with E-state index in [1.807, 2.05) is 32.0 Å². The Balaban J connectivity index is 2.05. The zero-order valence-corrected chi connectivity index (χ0v) is 9.44. The van der Waals surface area contributed by atoms with Crippen molar-refractivity contribution in [1.82, 2.24) is 15.0 Å². The van der Waals surface area contributed by atoms with E-state index in [0.717, 1.165) is 22.9 Å². The molecule has 16 heavy (non-hydrogen) atoms. The smallest absolute Gasteiger partial charge is 0.147 e. The summed E-state index contributed by atoms with van der Waals surface area (Å²) in [4.78, 5) is 12.8. The molecule has 2 aromatic heterocycles. The minimum Gasteiger partial charge on any atom is -0.363 e. The van der Waals surface area contributed by atoms with Gasteiger partial charge in [0, 0.05) is 18.1 Å². The number of aryl methyl sites for hydroxylation is 2. The maximum Gasteiger partial charge on any atom is 0.147 e. The molecule has 2 aromatic rings. The Kier molecular flexibility index (Phi) is 3.10. The van der Waals surface area contributed by atoms with Gasteiger partial charge in [0.2, 0.25) is 0 Å². The average Bonchev–Trinajstić information content (AvgIpc) is 2.28. The van der Waals surface area contributed by atoms with E-state index in [2.05, 4.69) is 20.3 Å². The molecule has 0 aliphatic rings. The van der Waals surface area contributed by atoms with Gasteiger partial charge in [-0.2, -0.15) is 0 Å². The largest absolute Gasteiger partial charge is 0.363 e. The lowest BCUT2D eigenvalue weighted by Gasteiger charge is -2.07. The van der Waals surface area contributed by atoms with Gasteiger partial charge in [-0.15, -0.1) is 0 Å². The van der Waals surface area contributed by atoms with E-state index in [1.54, 1.807) is 12.4 Å². The summed E-state index contributed by atoms with van der Waals surface area (Å²) in [5, 5.41) is 3.22. The van der Waals surface area contributed by atoms with Gasteiger partial charge in [-0.3, -0.25) is 9.97 Å². The van der Waals surface area contributed by atoms with Crippen LogP contribution in [0.15, 0.2) is 30.6 Å². The maximum atomic E-state index is 4.41. The summed E-state index contributed by atoms with van der Waals surface area (Å²) in [5.74, 6) is 0.811. The van der Waals surface area contributed by atoms with Crippen molar-refractivity contribution in [1.29, 1.82) is 0 Å². The second-order valence-corrected chi connectivity index (χ2v) is 3.61. The fourth-order valence-corrected chi connectivity index (χ4v) is 1.45. The minimum absolute atomic E-state index is 0.668. The van der Waals surface area contributed by atoms with Crippen molar-refractivity contribution in [3.63, 3.8) is 0 Å². The van der Waals surface area contributed by atoms with Crippen molar-refractivity contribution in [3.8, 4) is 0 Å². The first-order valence-electron chi connectivity index (χ1n) is 5.20. The summed E-state index contributed by atoms with van der Waals surface area (Å²) in [6.07, 6.45) is 3.37. The molecule has 0 aliphatic heterocycles. The summed E-state index contributed by atoms with van der Waals surface area (Å²) in [6, 6.07) is 5.98. The third-order valence-electron chi connectivity index (χ3n) is 2.26. The predicted molar refractivity (Wildman–Crippen MR) is 63.1 cm³/mol. The number of hydrogen-bond donors (Lipinski definition) is 1. The van der Waals surface area contributed by atoms with Gasteiger partial charge in [0.25, 0.3) is 0 Å². The van der Waals surface area contributed by atoms with Crippen molar-refractivity contribution in [2.24, 2.45) is 0 Å². The van der Waals surface area contributed by atoms with Gasteiger partial charge in [0.05, 0.1) is 17.9 Å². The zero-order chi connectivity index (χ0) is 11.4. The van der Waals surface area contributed by atoms with Gasteiger partial charge in [0.15, 0.2) is 0 Å². The number of anilines is 1. The van der Waals surface area contributed by atoms with E-state index in [-0.39, 0.29) is 0 Å². The molecule has 4 nitrogen and oxygen atoms in total. The zero-order valence-electron chi connectivity index (χ0n) is 9.44. The number of pyridine rings is 1. The molecule has 0 atom stereocenters. The highest BCUT2D eigenvalue weighted by molar-refractivity contribution is 5.38. The van der Waals surface area contributed by atoms with Crippen LogP contribution in [0.2, 0.25) is 0 Å². The van der Waals surface area contributed by atoms with E-state index in [4.69, 9.17) is 0 Å². The van der Waals surface area contributed by atoms with E-state index < -0.39 is 0 Å². The van der Waals surface area contributed by atoms with Crippen LogP contribution < -0.4 is 5.32 Å². The third kappa shape index (κ3) is 2.53. The Labute approximate surface area is 94.8 Å². The van der Waals surface area contributed by atoms with Crippen molar-refractivity contribution in [2.75, 3.05) is 5.32 Å². The highest BCUT2D eigenvalue weighted by Gasteiger charge is 2.00. The van der Waals surface area contributed by atoms with Gasteiger partial charge in [0.1, 0.15) is 5.82 Å². The van der Waals surface area contributed by atoms with E-state index >= 15 is 0 Å². The molecule has 0 bridgehead atoms. The van der Waals surface area contributed by atoms with E-state index in [0.29, 0.717) is 6.54 Å². The van der Waals surface area contributed by atoms with Crippen LogP contribution in [0.1, 0.15) is 17.1 Å². The number of nitrogens with one attached hydrogen (secondary N) is 1. The number of hydrogen-bond acceptors (Lipinski definition) is 4. The highest BCUT2D eigenvalue weighted by atomic mass is 15.0. The number of nitrogens with zero attached hydrogens (tertiary/aromatic N) is 3. The first kappa shape index (κ1) is 10.5. The van der Waals surface area contributed by atoms with Crippen molar-refractivity contribution < 1.29 is 0 Å². The fraction of sp³-hybridized carbons (Fsp3) is 0.250. The molecular weight excluding hydrogens is 200 g/mol. The number of aromatic nitrogens is 3. The lowest BCUT2D eigenvalue weighted by Crippen LogP contribution is -2.05. The molecule has 0 amide bonds. The molecule has 0 fully saturated rings. The summed E-state index contributed by atoms with van der Waals surface area (Å²) in [5.41, 5.74) is 2.93. The molecule has 0 radical (unpaired) electrons. The van der Waals surface area contributed by atoms with E-state index in [9.17, 15) is 0 Å². The maximum absolute atomic E-state index is 4.41. The van der Waals surface area contributed by atoms with Crippen LogP contribution in [0.3, 0.4) is 0 Å². The van der Waals surface area contributed by atoms with Gasteiger partial charge in [-0.05, 0) is 26.0 Å². The Morgan fingerprint density at radius 3 is 2.69 bits per heavy atom. The van der Waals surface area contributed by atoms with Crippen LogP contribution >= 0.6 is 0 Å². The fourth-order valence-electron chi connectivity index (χ4n) is 1.45. The Bertz CT molecular complexity index is 482. The van der Waals surface area contributed by atoms with E-state index in [1.165, 1.54) is 0 Å². The second-order valence-electron chi connectivity index (χ2n) is 3.61. The molecule has 2 rings (SSSR count). The first-order chi connectivity index (χ1) is 7.75. The normalized spacial score (nSPS) is 10.1. The summed E-state index contributed by atoms with van der Waals surface area (Å²) in [6.45, 7) is 4.58. The van der Waals surface area contributed by atoms with Gasteiger partial charge in [-0.25, -0.2) is 4.98 Å². The molecular formula is C12H14N4. The monoisotopic (exact) mass is 214 g/mol. The quantitative estimate of drug-likeness (QED) is 0.850. The first-order valence-corrected chi connectivity index (χ1v) is 5.20. The lowest BCUT2D eigenvalue weighted by molar-refractivity contribution is 0.987. The Morgan fingerprint density at radius 2 is 1.94 bits per heavy atom. The molecule has 0 saturated carbocycles. The molecule has 0 saturated heterocycles. The van der Waals surface area contributed by atoms with Crippen LogP contribution in [-0.2, 0) is 6.54 Å². The van der Waals surface area contributed by atoms with Crippen LogP contribution in [0, 0.1) is 13.8 Å². The predicted octanol–water partition coefficient (Wildman–Crippen LogP) is 2.10. The molecule has 0 aromatic carbocycles. The van der Waals surface area contributed by atoms with Crippen LogP contribution in [0.4, 0.5) is 5.82 Å². The summed E-state index contributed by atoms with van der Waals surface area (Å²) in [7, 11) is 0. The highest BCUT2D eigenvalue weighted by Crippen LogP contribution is 2.07. The van der Waals surface area contributed by atoms with Crippen LogP contribution in [-0.4, -0.2) is 15.0 Å². The lowest BCUT2D eigenvalue weighted by atomic mass is 10.3. The molecule has 82 valence electrons. The standard InChI is InChI=1S/C12H14N4/c1-9-4-3-5-11(16-9)8-15-12-10(2)13-6-7-14-12/h3-7H,8H2,1-2H3,(H,14,15). The Morgan fingerprint density at radius 1 is 1.12 bits per heavy atom. The molecule has 1 N–H and O–H groups in total. The summed E-state index contributed by atoms with van der Waals surface area (Å²) < 4.78 is 0. The van der Waals surface area contributed by atoms with Crippen LogP contribution in [0.25, 0.3) is 0 Å². The minimum atomic E-state index is 0.668. The van der Waals surface area contributed by atoms with Gasteiger partial charge >= 0.3 is 0 Å². The van der Waals surface area contributed by atoms with Crippen molar-refractivity contribution >= 4 is 5.82 Å². The average molecular weight is 214 g/mol. The molecule has 2 heterocycles.